The molecule has 5 aliphatic rings. The molecule has 0 bridgehead atoms. The Hall–Kier alpha value is -1.16. The van der Waals surface area contributed by atoms with Gasteiger partial charge in [0.15, 0.2) is 0 Å². The average Bonchev–Trinajstić information content (AvgIpc) is 2.78. The molecule has 4 saturated carbocycles. The minimum atomic E-state index is -0.869. The highest BCUT2D eigenvalue weighted by Crippen LogP contribution is 2.76. The highest BCUT2D eigenvalue weighted by molar-refractivity contribution is 5.84. The van der Waals surface area contributed by atoms with E-state index < -0.39 is 11.0 Å². The van der Waals surface area contributed by atoms with Crippen LogP contribution in [-0.4, -0.2) is 28.6 Å². The summed E-state index contributed by atoms with van der Waals surface area (Å²) in [6.45, 7) is 19.8. The van der Waals surface area contributed by atoms with Crippen LogP contribution in [0.3, 0.4) is 0 Å². The van der Waals surface area contributed by atoms with Gasteiger partial charge < -0.3 is 9.84 Å². The molecule has 0 aromatic rings. The molecule has 1 N–H and O–H groups in total. The number of Topliss-reactive ketones (excluding diaryl/α,β-unsaturated/α-hetero) is 1. The monoisotopic (exact) mass is 512 g/mol. The van der Waals surface area contributed by atoms with Crippen molar-refractivity contribution in [1.29, 1.82) is 0 Å². The van der Waals surface area contributed by atoms with Gasteiger partial charge in [-0.3, -0.25) is 9.59 Å². The molecule has 208 valence electrons. The second kappa shape index (κ2) is 8.18. The number of hydrogen-bond donors (Lipinski definition) is 1. The quantitative estimate of drug-likeness (QED) is 0.312. The van der Waals surface area contributed by atoms with Gasteiger partial charge in [-0.2, -0.15) is 0 Å². The third-order valence-electron chi connectivity index (χ3n) is 14.0. The number of aliphatic hydroxyl groups is 1. The lowest BCUT2D eigenvalue weighted by Crippen LogP contribution is -2.67. The van der Waals surface area contributed by atoms with Crippen LogP contribution >= 0.6 is 0 Å². The molecule has 4 fully saturated rings. The van der Waals surface area contributed by atoms with Crippen LogP contribution in [0.4, 0.5) is 0 Å². The number of hydrogen-bond acceptors (Lipinski definition) is 4. The van der Waals surface area contributed by atoms with Gasteiger partial charge in [0.25, 0.3) is 0 Å². The molecule has 10 atom stereocenters. The zero-order valence-corrected chi connectivity index (χ0v) is 25.0. The molecular formula is C33H52O4. The number of carbonyl (C=O) groups is 2. The molecule has 0 radical (unpaired) electrons. The van der Waals surface area contributed by atoms with E-state index in [0.717, 1.165) is 57.8 Å². The van der Waals surface area contributed by atoms with E-state index in [-0.39, 0.29) is 51.4 Å². The van der Waals surface area contributed by atoms with Gasteiger partial charge in [0.1, 0.15) is 11.9 Å². The van der Waals surface area contributed by atoms with Crippen molar-refractivity contribution in [2.75, 3.05) is 0 Å². The minimum Gasteiger partial charge on any atom is -0.462 e. The summed E-state index contributed by atoms with van der Waals surface area (Å²) in [7, 11) is 0. The fourth-order valence-electron chi connectivity index (χ4n) is 11.5. The summed E-state index contributed by atoms with van der Waals surface area (Å²) in [6.07, 6.45) is 11.6. The first kappa shape index (κ1) is 27.4. The maximum atomic E-state index is 13.3. The maximum Gasteiger partial charge on any atom is 0.302 e. The van der Waals surface area contributed by atoms with Crippen molar-refractivity contribution in [3.63, 3.8) is 0 Å². The molecule has 0 unspecified atom stereocenters. The second-order valence-corrected chi connectivity index (χ2v) is 15.6. The Labute approximate surface area is 225 Å². The van der Waals surface area contributed by atoms with Crippen molar-refractivity contribution in [2.24, 2.45) is 50.7 Å². The molecule has 0 aromatic heterocycles. The van der Waals surface area contributed by atoms with Gasteiger partial charge >= 0.3 is 5.97 Å². The normalized spacial score (nSPS) is 52.5. The first-order valence-corrected chi connectivity index (χ1v) is 15.1. The molecule has 5 rings (SSSR count). The zero-order chi connectivity index (χ0) is 27.4. The van der Waals surface area contributed by atoms with Crippen LogP contribution in [0.2, 0.25) is 0 Å². The van der Waals surface area contributed by atoms with Crippen molar-refractivity contribution < 1.29 is 19.4 Å². The van der Waals surface area contributed by atoms with E-state index in [1.54, 1.807) is 13.8 Å². The first-order valence-electron chi connectivity index (χ1n) is 15.1. The van der Waals surface area contributed by atoms with Gasteiger partial charge in [0.05, 0.1) is 5.60 Å². The molecule has 0 heterocycles. The van der Waals surface area contributed by atoms with Gasteiger partial charge in [-0.1, -0.05) is 53.2 Å². The Morgan fingerprint density at radius 2 is 1.57 bits per heavy atom. The minimum absolute atomic E-state index is 0.0117. The van der Waals surface area contributed by atoms with Crippen molar-refractivity contribution in [2.45, 2.75) is 132 Å². The number of fused-ring (bicyclic) bond motifs is 7. The summed E-state index contributed by atoms with van der Waals surface area (Å²) in [5.41, 5.74) is 0.331. The van der Waals surface area contributed by atoms with Crippen LogP contribution in [0.15, 0.2) is 11.6 Å². The topological polar surface area (TPSA) is 63.6 Å². The van der Waals surface area contributed by atoms with E-state index >= 15 is 0 Å². The lowest BCUT2D eigenvalue weighted by atomic mass is 9.33. The van der Waals surface area contributed by atoms with Gasteiger partial charge in [-0.25, -0.2) is 0 Å². The van der Waals surface area contributed by atoms with E-state index in [9.17, 15) is 14.7 Å². The molecule has 0 amide bonds. The summed E-state index contributed by atoms with van der Waals surface area (Å²) in [5.74, 6) is 1.27. The summed E-state index contributed by atoms with van der Waals surface area (Å²) >= 11 is 0. The smallest absolute Gasteiger partial charge is 0.302 e. The Morgan fingerprint density at radius 3 is 2.19 bits per heavy atom. The summed E-state index contributed by atoms with van der Waals surface area (Å²) in [6, 6.07) is 0. The number of esters is 1. The largest absolute Gasteiger partial charge is 0.462 e. The number of allylic oxidation sites excluding steroid dienone is 1. The second-order valence-electron chi connectivity index (χ2n) is 15.6. The molecule has 4 nitrogen and oxygen atoms in total. The molecule has 5 aliphatic carbocycles. The van der Waals surface area contributed by atoms with Gasteiger partial charge in [0.2, 0.25) is 0 Å². The fourth-order valence-corrected chi connectivity index (χ4v) is 11.5. The van der Waals surface area contributed by atoms with E-state index in [1.807, 2.05) is 6.92 Å². The van der Waals surface area contributed by atoms with Crippen molar-refractivity contribution in [3.8, 4) is 0 Å². The Kier molecular flexibility index (Phi) is 6.06. The molecular weight excluding hydrogens is 460 g/mol. The molecule has 0 aliphatic heterocycles. The summed E-state index contributed by atoms with van der Waals surface area (Å²) in [5, 5.41) is 12.1. The highest BCUT2D eigenvalue weighted by atomic mass is 16.5. The van der Waals surface area contributed by atoms with Gasteiger partial charge in [0, 0.05) is 23.7 Å². The third-order valence-corrected chi connectivity index (χ3v) is 14.0. The Bertz CT molecular complexity index is 1020. The van der Waals surface area contributed by atoms with Gasteiger partial charge in [-0.15, -0.1) is 0 Å². The zero-order valence-electron chi connectivity index (χ0n) is 25.0. The molecule has 0 aromatic carbocycles. The predicted molar refractivity (Wildman–Crippen MR) is 147 cm³/mol. The number of ether oxygens (including phenoxy) is 1. The van der Waals surface area contributed by atoms with E-state index in [4.69, 9.17) is 4.74 Å². The SMILES string of the molecule is CC(=O)O[C@H]1CC[C@]2(C)[C@H]3CC=C4[C@H]5[C@](C(C)=O)(CC[C@@H](C)[C@@]5(C)O)CC[C@@]4(C)[C@]3(C)CC[C@H]2C1(C)C. The number of carbonyl (C=O) groups excluding carboxylic acids is 2. The lowest BCUT2D eigenvalue weighted by Gasteiger charge is -2.72. The van der Waals surface area contributed by atoms with Crippen molar-refractivity contribution >= 4 is 11.8 Å². The van der Waals surface area contributed by atoms with E-state index in [2.05, 4.69) is 47.6 Å². The van der Waals surface area contributed by atoms with Crippen LogP contribution in [0.25, 0.3) is 0 Å². The standard InChI is InChI=1S/C33H52O4/c1-20-12-17-33(21(2)34)19-18-30(7)23(27(33)32(20,9)36)10-11-25-29(6)15-14-26(37-22(3)35)28(4,5)24(29)13-16-31(25,30)8/h10,20,24-27,36H,11-19H2,1-9H3/t20-,24+,25-,26+,27-,29+,30-,31-,32-,33-/m1/s1. The average molecular weight is 513 g/mol. The molecule has 4 heteroatoms. The van der Waals surface area contributed by atoms with E-state index in [1.165, 1.54) is 5.57 Å². The van der Waals surface area contributed by atoms with Crippen LogP contribution in [0, 0.1) is 50.7 Å². The highest BCUT2D eigenvalue weighted by Gasteiger charge is 2.70. The van der Waals surface area contributed by atoms with Crippen LogP contribution in [0.1, 0.15) is 120 Å². The molecule has 0 spiro atoms. The van der Waals surface area contributed by atoms with Crippen molar-refractivity contribution in [1.82, 2.24) is 0 Å². The predicted octanol–water partition coefficient (Wildman–Crippen LogP) is 7.28. The Balaban J connectivity index is 1.59. The van der Waals surface area contributed by atoms with Crippen LogP contribution < -0.4 is 0 Å². The Morgan fingerprint density at radius 1 is 0.892 bits per heavy atom. The number of rotatable bonds is 2. The van der Waals surface area contributed by atoms with Crippen LogP contribution in [-0.2, 0) is 14.3 Å². The molecule has 0 saturated heterocycles. The lowest BCUT2D eigenvalue weighted by molar-refractivity contribution is -0.218. The summed E-state index contributed by atoms with van der Waals surface area (Å²) < 4.78 is 5.88. The maximum absolute atomic E-state index is 13.3. The van der Waals surface area contributed by atoms with Crippen LogP contribution in [0.5, 0.6) is 0 Å². The van der Waals surface area contributed by atoms with Gasteiger partial charge in [-0.05, 0) is 106 Å². The number of ketones is 1. The fraction of sp³-hybridized carbons (Fsp3) is 0.879. The molecule has 37 heavy (non-hydrogen) atoms. The first-order chi connectivity index (χ1) is 17.0. The summed E-state index contributed by atoms with van der Waals surface area (Å²) in [4.78, 5) is 25.2. The third kappa shape index (κ3) is 3.35. The van der Waals surface area contributed by atoms with E-state index in [0.29, 0.717) is 11.8 Å². The van der Waals surface area contributed by atoms with Crippen molar-refractivity contribution in [3.05, 3.63) is 11.6 Å².